The van der Waals surface area contributed by atoms with Crippen molar-refractivity contribution in [1.82, 2.24) is 4.90 Å². The Morgan fingerprint density at radius 3 is 2.21 bits per heavy atom. The monoisotopic (exact) mass is 198 g/mol. The number of nitrogens with zero attached hydrogens (tertiary/aromatic N) is 1. The first kappa shape index (κ1) is 12.0. The van der Waals surface area contributed by atoms with Crippen molar-refractivity contribution in [2.75, 3.05) is 14.1 Å². The summed E-state index contributed by atoms with van der Waals surface area (Å²) >= 11 is 0. The summed E-state index contributed by atoms with van der Waals surface area (Å²) in [6.07, 6.45) is 6.57. The Bertz CT molecular complexity index is 173. The molecule has 0 radical (unpaired) electrons. The molecule has 0 heterocycles. The minimum Gasteiger partial charge on any atom is -0.326 e. The van der Waals surface area contributed by atoms with Crippen molar-refractivity contribution in [1.29, 1.82) is 0 Å². The zero-order valence-electron chi connectivity index (χ0n) is 10.2. The van der Waals surface area contributed by atoms with Crippen molar-refractivity contribution in [2.45, 2.75) is 57.5 Å². The third kappa shape index (κ3) is 2.12. The van der Waals surface area contributed by atoms with Crippen LogP contribution in [0.15, 0.2) is 0 Å². The smallest absolute Gasteiger partial charge is 0.0326 e. The molecule has 1 aliphatic carbocycles. The van der Waals surface area contributed by atoms with Crippen LogP contribution in [0, 0.1) is 5.92 Å². The van der Waals surface area contributed by atoms with E-state index in [-0.39, 0.29) is 5.54 Å². The summed E-state index contributed by atoms with van der Waals surface area (Å²) in [6, 6.07) is 0.338. The Morgan fingerprint density at radius 2 is 1.86 bits per heavy atom. The average Bonchev–Trinajstić information content (AvgIpc) is 2.67. The van der Waals surface area contributed by atoms with Crippen LogP contribution in [0.25, 0.3) is 0 Å². The van der Waals surface area contributed by atoms with Gasteiger partial charge in [-0.25, -0.2) is 0 Å². The van der Waals surface area contributed by atoms with Gasteiger partial charge in [0.2, 0.25) is 0 Å². The van der Waals surface area contributed by atoms with Gasteiger partial charge in [0.15, 0.2) is 0 Å². The van der Waals surface area contributed by atoms with Crippen molar-refractivity contribution in [2.24, 2.45) is 11.7 Å². The molecule has 2 N–H and O–H groups in total. The molecule has 2 unspecified atom stereocenters. The van der Waals surface area contributed by atoms with Crippen molar-refractivity contribution in [3.05, 3.63) is 0 Å². The second-order valence-electron chi connectivity index (χ2n) is 5.18. The molecule has 1 rings (SSSR count). The fourth-order valence-electron chi connectivity index (χ4n) is 2.67. The molecule has 2 heteroatoms. The normalized spacial score (nSPS) is 25.3. The molecule has 84 valence electrons. The summed E-state index contributed by atoms with van der Waals surface area (Å²) in [5, 5.41) is 0. The highest BCUT2D eigenvalue weighted by Gasteiger charge is 2.37. The minimum atomic E-state index is 0.176. The predicted molar refractivity (Wildman–Crippen MR) is 62.3 cm³/mol. The fourth-order valence-corrected chi connectivity index (χ4v) is 2.67. The SMILES string of the molecule is CCC(C)(C(N)C1CCCC1)N(C)C. The van der Waals surface area contributed by atoms with Gasteiger partial charge in [-0.2, -0.15) is 0 Å². The Labute approximate surface area is 88.8 Å². The fraction of sp³-hybridized carbons (Fsp3) is 1.00. The quantitative estimate of drug-likeness (QED) is 0.750. The van der Waals surface area contributed by atoms with Crippen molar-refractivity contribution >= 4 is 0 Å². The van der Waals surface area contributed by atoms with Gasteiger partial charge < -0.3 is 10.6 Å². The maximum absolute atomic E-state index is 6.43. The van der Waals surface area contributed by atoms with Gasteiger partial charge in [0.1, 0.15) is 0 Å². The van der Waals surface area contributed by atoms with Gasteiger partial charge in [-0.05, 0) is 46.2 Å². The molecular formula is C12H26N2. The van der Waals surface area contributed by atoms with Crippen LogP contribution in [-0.4, -0.2) is 30.6 Å². The summed E-state index contributed by atoms with van der Waals surface area (Å²) in [4.78, 5) is 2.30. The maximum Gasteiger partial charge on any atom is 0.0326 e. The molecule has 14 heavy (non-hydrogen) atoms. The van der Waals surface area contributed by atoms with E-state index in [0.29, 0.717) is 6.04 Å². The van der Waals surface area contributed by atoms with Gasteiger partial charge in [0.25, 0.3) is 0 Å². The Hall–Kier alpha value is -0.0800. The summed E-state index contributed by atoms with van der Waals surface area (Å²) < 4.78 is 0. The molecule has 0 spiro atoms. The average molecular weight is 198 g/mol. The number of likely N-dealkylation sites (N-methyl/N-ethyl adjacent to an activating group) is 1. The van der Waals surface area contributed by atoms with Crippen molar-refractivity contribution in [3.63, 3.8) is 0 Å². The first-order valence-electron chi connectivity index (χ1n) is 5.95. The van der Waals surface area contributed by atoms with E-state index >= 15 is 0 Å². The largest absolute Gasteiger partial charge is 0.326 e. The Kier molecular flexibility index (Phi) is 3.96. The van der Waals surface area contributed by atoms with E-state index in [2.05, 4.69) is 32.8 Å². The van der Waals surface area contributed by atoms with Crippen LogP contribution >= 0.6 is 0 Å². The highest BCUT2D eigenvalue weighted by atomic mass is 15.2. The third-order valence-corrected chi connectivity index (χ3v) is 4.36. The van der Waals surface area contributed by atoms with E-state index in [1.165, 1.54) is 25.7 Å². The maximum atomic E-state index is 6.43. The Balaban J connectivity index is 2.67. The van der Waals surface area contributed by atoms with Gasteiger partial charge in [0.05, 0.1) is 0 Å². The lowest BCUT2D eigenvalue weighted by Crippen LogP contribution is -2.57. The van der Waals surface area contributed by atoms with Crippen molar-refractivity contribution < 1.29 is 0 Å². The summed E-state index contributed by atoms with van der Waals surface area (Å²) in [5.41, 5.74) is 6.60. The molecular weight excluding hydrogens is 172 g/mol. The molecule has 0 aromatic carbocycles. The van der Waals surface area contributed by atoms with E-state index < -0.39 is 0 Å². The molecule has 0 amide bonds. The van der Waals surface area contributed by atoms with E-state index in [4.69, 9.17) is 5.73 Å². The number of hydrogen-bond acceptors (Lipinski definition) is 2. The lowest BCUT2D eigenvalue weighted by Gasteiger charge is -2.43. The van der Waals surface area contributed by atoms with Crippen LogP contribution < -0.4 is 5.73 Å². The van der Waals surface area contributed by atoms with Crippen LogP contribution in [-0.2, 0) is 0 Å². The molecule has 0 aliphatic heterocycles. The highest BCUT2D eigenvalue weighted by Crippen LogP contribution is 2.34. The standard InChI is InChI=1S/C12H26N2/c1-5-12(2,14(3)4)11(13)10-8-6-7-9-10/h10-11H,5-9,13H2,1-4H3. The number of nitrogens with two attached hydrogens (primary N) is 1. The number of rotatable bonds is 4. The summed E-state index contributed by atoms with van der Waals surface area (Å²) in [5.74, 6) is 0.752. The van der Waals surface area contributed by atoms with Gasteiger partial charge in [0, 0.05) is 11.6 Å². The van der Waals surface area contributed by atoms with E-state index in [1.807, 2.05) is 0 Å². The topological polar surface area (TPSA) is 29.3 Å². The molecule has 1 fully saturated rings. The minimum absolute atomic E-state index is 0.176. The van der Waals surface area contributed by atoms with Gasteiger partial charge in [-0.3, -0.25) is 0 Å². The first-order chi connectivity index (χ1) is 6.52. The van der Waals surface area contributed by atoms with Crippen LogP contribution in [0.3, 0.4) is 0 Å². The second-order valence-corrected chi connectivity index (χ2v) is 5.18. The zero-order chi connectivity index (χ0) is 10.8. The first-order valence-corrected chi connectivity index (χ1v) is 5.95. The lowest BCUT2D eigenvalue weighted by molar-refractivity contribution is 0.103. The third-order valence-electron chi connectivity index (χ3n) is 4.36. The van der Waals surface area contributed by atoms with Gasteiger partial charge in [-0.15, -0.1) is 0 Å². The van der Waals surface area contributed by atoms with Crippen LogP contribution in [0.2, 0.25) is 0 Å². The molecule has 2 atom stereocenters. The van der Waals surface area contributed by atoms with E-state index in [0.717, 1.165) is 12.3 Å². The van der Waals surface area contributed by atoms with Crippen LogP contribution in [0.1, 0.15) is 46.0 Å². The molecule has 1 aliphatic rings. The molecule has 0 aromatic heterocycles. The van der Waals surface area contributed by atoms with Crippen LogP contribution in [0.4, 0.5) is 0 Å². The summed E-state index contributed by atoms with van der Waals surface area (Å²) in [6.45, 7) is 4.55. The number of hydrogen-bond donors (Lipinski definition) is 1. The van der Waals surface area contributed by atoms with Gasteiger partial charge >= 0.3 is 0 Å². The van der Waals surface area contributed by atoms with Crippen molar-refractivity contribution in [3.8, 4) is 0 Å². The molecule has 2 nitrogen and oxygen atoms in total. The molecule has 0 saturated heterocycles. The molecule has 0 aromatic rings. The van der Waals surface area contributed by atoms with Gasteiger partial charge in [-0.1, -0.05) is 19.8 Å². The predicted octanol–water partition coefficient (Wildman–Crippen LogP) is 2.23. The lowest BCUT2D eigenvalue weighted by atomic mass is 9.80. The van der Waals surface area contributed by atoms with E-state index in [9.17, 15) is 0 Å². The Morgan fingerprint density at radius 1 is 1.36 bits per heavy atom. The van der Waals surface area contributed by atoms with E-state index in [1.54, 1.807) is 0 Å². The second kappa shape index (κ2) is 4.63. The summed E-state index contributed by atoms with van der Waals surface area (Å²) in [7, 11) is 4.30. The molecule has 1 saturated carbocycles. The zero-order valence-corrected chi connectivity index (χ0v) is 10.2. The van der Waals surface area contributed by atoms with Crippen LogP contribution in [0.5, 0.6) is 0 Å². The molecule has 0 bridgehead atoms. The highest BCUT2D eigenvalue weighted by molar-refractivity contribution is 4.97.